The van der Waals surface area contributed by atoms with Crippen molar-refractivity contribution in [1.29, 1.82) is 0 Å². The molecule has 5 heteroatoms. The Labute approximate surface area is 83.0 Å². The molecule has 0 aliphatic carbocycles. The van der Waals surface area contributed by atoms with E-state index < -0.39 is 0 Å². The fourth-order valence-electron chi connectivity index (χ4n) is 0.567. The van der Waals surface area contributed by atoms with Crippen LogP contribution in [-0.2, 0) is 6.54 Å². The van der Waals surface area contributed by atoms with Crippen LogP contribution in [0.1, 0.15) is 5.56 Å². The number of aromatic nitrogens is 1. The number of nitrogens with two attached hydrogens (primary N) is 1. The molecule has 0 saturated heterocycles. The van der Waals surface area contributed by atoms with Crippen LogP contribution < -0.4 is 5.73 Å². The molecule has 0 aromatic carbocycles. The van der Waals surface area contributed by atoms with E-state index in [-0.39, 0.29) is 24.8 Å². The summed E-state index contributed by atoms with van der Waals surface area (Å²) < 4.78 is 0. The van der Waals surface area contributed by atoms with Crippen molar-refractivity contribution in [2.24, 2.45) is 5.73 Å². The molecular weight excluding hydrogens is 206 g/mol. The number of pyridine rings is 1. The van der Waals surface area contributed by atoms with Gasteiger partial charge in [-0.15, -0.1) is 24.8 Å². The van der Waals surface area contributed by atoms with E-state index in [2.05, 4.69) is 4.98 Å². The quantitative estimate of drug-likeness (QED) is 0.779. The number of hydrogen-bond acceptors (Lipinski definition) is 2. The Kier molecular flexibility index (Phi) is 8.23. The van der Waals surface area contributed by atoms with Crippen LogP contribution >= 0.6 is 36.4 Å². The highest BCUT2D eigenvalue weighted by molar-refractivity contribution is 6.30. The van der Waals surface area contributed by atoms with Gasteiger partial charge in [0, 0.05) is 18.9 Å². The van der Waals surface area contributed by atoms with Gasteiger partial charge in [0.2, 0.25) is 0 Å². The zero-order chi connectivity index (χ0) is 6.69. The first kappa shape index (κ1) is 13.6. The van der Waals surface area contributed by atoms with Crippen molar-refractivity contribution < 1.29 is 0 Å². The average Bonchev–Trinajstić information content (AvgIpc) is 1.88. The van der Waals surface area contributed by atoms with Crippen LogP contribution in [0.25, 0.3) is 0 Å². The molecule has 1 aromatic heterocycles. The van der Waals surface area contributed by atoms with E-state index in [0.717, 1.165) is 5.56 Å². The third-order valence-electron chi connectivity index (χ3n) is 0.997. The molecule has 2 nitrogen and oxygen atoms in total. The predicted molar refractivity (Wildman–Crippen MR) is 51.6 cm³/mol. The molecule has 0 radical (unpaired) electrons. The van der Waals surface area contributed by atoms with Crippen LogP contribution in [0.2, 0.25) is 5.02 Å². The van der Waals surface area contributed by atoms with Gasteiger partial charge >= 0.3 is 0 Å². The molecule has 0 fully saturated rings. The van der Waals surface area contributed by atoms with Crippen molar-refractivity contribution in [2.45, 2.75) is 6.54 Å². The van der Waals surface area contributed by atoms with Crippen LogP contribution in [0, 0.1) is 0 Å². The molecule has 0 aliphatic heterocycles. The Hall–Kier alpha value is -0.0200. The molecule has 0 saturated carbocycles. The number of nitrogens with zero attached hydrogens (tertiary/aromatic N) is 1. The van der Waals surface area contributed by atoms with Gasteiger partial charge in [0.1, 0.15) is 0 Å². The van der Waals surface area contributed by atoms with E-state index in [0.29, 0.717) is 11.6 Å². The van der Waals surface area contributed by atoms with Crippen LogP contribution in [0.4, 0.5) is 0 Å². The highest BCUT2D eigenvalue weighted by Gasteiger charge is 1.88. The molecule has 2 N–H and O–H groups in total. The molecule has 0 bridgehead atoms. The first-order valence-corrected chi connectivity index (χ1v) is 3.00. The Morgan fingerprint density at radius 2 is 2.00 bits per heavy atom. The van der Waals surface area contributed by atoms with Gasteiger partial charge in [-0.1, -0.05) is 11.6 Å². The van der Waals surface area contributed by atoms with Crippen molar-refractivity contribution in [3.05, 3.63) is 29.0 Å². The van der Waals surface area contributed by atoms with Crippen LogP contribution in [0.5, 0.6) is 0 Å². The average molecular weight is 216 g/mol. The molecule has 0 unspecified atom stereocenters. The molecule has 1 rings (SSSR count). The smallest absolute Gasteiger partial charge is 0.0592 e. The molecule has 0 aliphatic rings. The summed E-state index contributed by atoms with van der Waals surface area (Å²) in [6.07, 6.45) is 3.28. The summed E-state index contributed by atoms with van der Waals surface area (Å²) in [5.41, 5.74) is 6.28. The van der Waals surface area contributed by atoms with Gasteiger partial charge < -0.3 is 5.73 Å². The second kappa shape index (κ2) is 6.68. The lowest BCUT2D eigenvalue weighted by Crippen LogP contribution is -1.95. The summed E-state index contributed by atoms with van der Waals surface area (Å²) in [7, 11) is 0. The first-order chi connectivity index (χ1) is 4.33. The van der Waals surface area contributed by atoms with Crippen molar-refractivity contribution in [2.75, 3.05) is 0 Å². The summed E-state index contributed by atoms with van der Waals surface area (Å²) in [6.45, 7) is 0.494. The van der Waals surface area contributed by atoms with Crippen molar-refractivity contribution >= 4 is 36.4 Å². The van der Waals surface area contributed by atoms with E-state index in [1.54, 1.807) is 18.5 Å². The van der Waals surface area contributed by atoms with Crippen LogP contribution in [0.3, 0.4) is 0 Å². The van der Waals surface area contributed by atoms with Gasteiger partial charge in [-0.05, 0) is 11.6 Å². The second-order valence-electron chi connectivity index (χ2n) is 1.72. The van der Waals surface area contributed by atoms with Gasteiger partial charge in [0.25, 0.3) is 0 Å². The van der Waals surface area contributed by atoms with Gasteiger partial charge in [0.15, 0.2) is 0 Å². The molecule has 1 heterocycles. The molecule has 1 aromatic rings. The largest absolute Gasteiger partial charge is 0.326 e. The number of halogens is 3. The van der Waals surface area contributed by atoms with E-state index in [9.17, 15) is 0 Å². The van der Waals surface area contributed by atoms with Crippen molar-refractivity contribution in [3.8, 4) is 0 Å². The lowest BCUT2D eigenvalue weighted by atomic mass is 10.3. The second-order valence-corrected chi connectivity index (χ2v) is 2.15. The SMILES string of the molecule is Cl.Cl.NCc1cncc(Cl)c1. The zero-order valence-corrected chi connectivity index (χ0v) is 8.05. The first-order valence-electron chi connectivity index (χ1n) is 2.62. The van der Waals surface area contributed by atoms with E-state index >= 15 is 0 Å². The molecule has 64 valence electrons. The topological polar surface area (TPSA) is 38.9 Å². The third-order valence-corrected chi connectivity index (χ3v) is 1.20. The maximum Gasteiger partial charge on any atom is 0.0592 e. The Balaban J connectivity index is 0. The lowest BCUT2D eigenvalue weighted by molar-refractivity contribution is 1.05. The van der Waals surface area contributed by atoms with Gasteiger partial charge in [0.05, 0.1) is 5.02 Å². The lowest BCUT2D eigenvalue weighted by Gasteiger charge is -1.93. The Morgan fingerprint density at radius 1 is 1.36 bits per heavy atom. The summed E-state index contributed by atoms with van der Waals surface area (Å²) in [6, 6.07) is 1.80. The molecular formula is C6H9Cl3N2. The van der Waals surface area contributed by atoms with Crippen LogP contribution in [0.15, 0.2) is 18.5 Å². The van der Waals surface area contributed by atoms with E-state index in [1.807, 2.05) is 0 Å². The van der Waals surface area contributed by atoms with Crippen molar-refractivity contribution in [1.82, 2.24) is 4.98 Å². The summed E-state index contributed by atoms with van der Waals surface area (Å²) in [5.74, 6) is 0. The van der Waals surface area contributed by atoms with Crippen LogP contribution in [-0.4, -0.2) is 4.98 Å². The number of hydrogen-bond donors (Lipinski definition) is 1. The minimum absolute atomic E-state index is 0. The monoisotopic (exact) mass is 214 g/mol. The fraction of sp³-hybridized carbons (Fsp3) is 0.167. The molecule has 0 spiro atoms. The third kappa shape index (κ3) is 4.43. The Morgan fingerprint density at radius 3 is 2.36 bits per heavy atom. The fourth-order valence-corrected chi connectivity index (χ4v) is 0.764. The minimum atomic E-state index is 0. The van der Waals surface area contributed by atoms with Gasteiger partial charge in [-0.25, -0.2) is 0 Å². The van der Waals surface area contributed by atoms with Gasteiger partial charge in [-0.3, -0.25) is 4.98 Å². The maximum absolute atomic E-state index is 5.61. The minimum Gasteiger partial charge on any atom is -0.326 e. The molecule has 0 amide bonds. The van der Waals surface area contributed by atoms with Crippen molar-refractivity contribution in [3.63, 3.8) is 0 Å². The summed E-state index contributed by atoms with van der Waals surface area (Å²) in [5, 5.41) is 0.637. The van der Waals surface area contributed by atoms with E-state index in [4.69, 9.17) is 17.3 Å². The summed E-state index contributed by atoms with van der Waals surface area (Å²) in [4.78, 5) is 3.84. The molecule has 0 atom stereocenters. The molecule has 11 heavy (non-hydrogen) atoms. The normalized spacial score (nSPS) is 7.82. The highest BCUT2D eigenvalue weighted by Crippen LogP contribution is 2.06. The van der Waals surface area contributed by atoms with E-state index in [1.165, 1.54) is 0 Å². The van der Waals surface area contributed by atoms with Gasteiger partial charge in [-0.2, -0.15) is 0 Å². The predicted octanol–water partition coefficient (Wildman–Crippen LogP) is 2.04. The highest BCUT2D eigenvalue weighted by atomic mass is 35.5. The standard InChI is InChI=1S/C6H7ClN2.2ClH/c7-6-1-5(2-8)3-9-4-6;;/h1,3-4H,2,8H2;2*1H. The zero-order valence-electron chi connectivity index (χ0n) is 5.66. The summed E-state index contributed by atoms with van der Waals surface area (Å²) >= 11 is 5.61. The number of rotatable bonds is 1. The maximum atomic E-state index is 5.61. The Bertz CT molecular complexity index is 205.